The Morgan fingerprint density at radius 1 is 1.25 bits per heavy atom. The highest BCUT2D eigenvalue weighted by Crippen LogP contribution is 2.29. The lowest BCUT2D eigenvalue weighted by atomic mass is 10.1. The number of aliphatic hydroxyl groups is 1. The first kappa shape index (κ1) is 15.2. The number of likely N-dealkylation sites (tertiary alicyclic amines) is 1. The van der Waals surface area contributed by atoms with Crippen molar-refractivity contribution in [2.45, 2.75) is 38.0 Å². The molecule has 0 aliphatic carbocycles. The van der Waals surface area contributed by atoms with Crippen molar-refractivity contribution in [3.05, 3.63) is 48.4 Å². The van der Waals surface area contributed by atoms with Crippen LogP contribution in [-0.2, 0) is 6.54 Å². The summed E-state index contributed by atoms with van der Waals surface area (Å²) in [5.41, 5.74) is 0. The molecule has 2 atom stereocenters. The van der Waals surface area contributed by atoms with Gasteiger partial charge in [-0.25, -0.2) is 0 Å². The topological polar surface area (TPSA) is 88.7 Å². The lowest BCUT2D eigenvalue weighted by molar-refractivity contribution is 0.0955. The first-order valence-corrected chi connectivity index (χ1v) is 8.11. The fraction of sp³-hybridized carbons (Fsp3) is 0.412. The van der Waals surface area contributed by atoms with Gasteiger partial charge in [0.25, 0.3) is 0 Å². The number of rotatable bonds is 6. The predicted molar refractivity (Wildman–Crippen MR) is 83.7 cm³/mol. The number of aromatic nitrogens is 2. The van der Waals surface area contributed by atoms with Crippen LogP contribution in [0.3, 0.4) is 0 Å². The molecule has 0 amide bonds. The highest BCUT2D eigenvalue weighted by atomic mass is 16.5. The first-order valence-electron chi connectivity index (χ1n) is 8.11. The predicted octanol–water partition coefficient (Wildman–Crippen LogP) is 3.01. The normalized spacial score (nSPS) is 19.8. The molecule has 7 nitrogen and oxygen atoms in total. The van der Waals surface area contributed by atoms with Crippen molar-refractivity contribution in [2.75, 3.05) is 6.54 Å². The zero-order valence-corrected chi connectivity index (χ0v) is 13.2. The van der Waals surface area contributed by atoms with Gasteiger partial charge in [0.05, 0.1) is 19.1 Å². The molecule has 4 heterocycles. The Morgan fingerprint density at radius 2 is 2.12 bits per heavy atom. The van der Waals surface area contributed by atoms with E-state index >= 15 is 0 Å². The Balaban J connectivity index is 1.40. The van der Waals surface area contributed by atoms with Crippen molar-refractivity contribution < 1.29 is 18.5 Å². The van der Waals surface area contributed by atoms with Gasteiger partial charge >= 0.3 is 0 Å². The zero-order chi connectivity index (χ0) is 16.4. The molecule has 1 saturated heterocycles. The third kappa shape index (κ3) is 3.13. The molecular formula is C17H19N3O4. The number of hydrogen-bond donors (Lipinski definition) is 1. The van der Waals surface area contributed by atoms with Gasteiger partial charge in [-0.15, -0.1) is 0 Å². The molecule has 1 aliphatic heterocycles. The number of aliphatic hydroxyl groups excluding tert-OH is 1. The van der Waals surface area contributed by atoms with E-state index in [-0.39, 0.29) is 6.04 Å². The Bertz CT molecular complexity index is 751. The summed E-state index contributed by atoms with van der Waals surface area (Å²) >= 11 is 0. The summed E-state index contributed by atoms with van der Waals surface area (Å²) in [5.74, 6) is 2.22. The quantitative estimate of drug-likeness (QED) is 0.743. The van der Waals surface area contributed by atoms with Gasteiger partial charge in [0, 0.05) is 6.04 Å². The van der Waals surface area contributed by atoms with Gasteiger partial charge in [-0.2, -0.15) is 4.98 Å². The largest absolute Gasteiger partial charge is 0.467 e. The van der Waals surface area contributed by atoms with Crippen molar-refractivity contribution in [3.63, 3.8) is 0 Å². The van der Waals surface area contributed by atoms with E-state index in [1.165, 1.54) is 0 Å². The average Bonchev–Trinajstić information content (AvgIpc) is 3.37. The van der Waals surface area contributed by atoms with E-state index in [0.29, 0.717) is 36.2 Å². The van der Waals surface area contributed by atoms with E-state index in [2.05, 4.69) is 15.0 Å². The Kier molecular flexibility index (Phi) is 4.18. The maximum atomic E-state index is 10.3. The first-order chi connectivity index (χ1) is 11.8. The van der Waals surface area contributed by atoms with Crippen LogP contribution in [0.4, 0.5) is 0 Å². The molecule has 0 spiro atoms. The van der Waals surface area contributed by atoms with Gasteiger partial charge in [-0.1, -0.05) is 5.16 Å². The lowest BCUT2D eigenvalue weighted by Gasteiger charge is -2.24. The second-order valence-electron chi connectivity index (χ2n) is 6.02. The zero-order valence-electron chi connectivity index (χ0n) is 13.2. The molecule has 24 heavy (non-hydrogen) atoms. The molecule has 3 aromatic rings. The second kappa shape index (κ2) is 6.62. The van der Waals surface area contributed by atoms with Crippen molar-refractivity contribution in [1.29, 1.82) is 0 Å². The molecule has 3 aromatic heterocycles. The Hall–Kier alpha value is -2.38. The van der Waals surface area contributed by atoms with Crippen LogP contribution in [0.2, 0.25) is 0 Å². The molecule has 7 heteroatoms. The van der Waals surface area contributed by atoms with Gasteiger partial charge < -0.3 is 18.5 Å². The van der Waals surface area contributed by atoms with E-state index in [1.807, 2.05) is 0 Å². The van der Waals surface area contributed by atoms with E-state index in [4.69, 9.17) is 13.4 Å². The molecular weight excluding hydrogens is 310 g/mol. The fourth-order valence-electron chi connectivity index (χ4n) is 3.22. The van der Waals surface area contributed by atoms with Crippen LogP contribution < -0.4 is 0 Å². The van der Waals surface area contributed by atoms with Crippen molar-refractivity contribution in [2.24, 2.45) is 0 Å². The van der Waals surface area contributed by atoms with Gasteiger partial charge in [0.1, 0.15) is 11.9 Å². The van der Waals surface area contributed by atoms with Gasteiger partial charge in [0.2, 0.25) is 11.7 Å². The van der Waals surface area contributed by atoms with E-state index < -0.39 is 6.10 Å². The minimum absolute atomic E-state index is 0.268. The molecule has 0 saturated carbocycles. The summed E-state index contributed by atoms with van der Waals surface area (Å²) in [5, 5.41) is 14.3. The fourth-order valence-corrected chi connectivity index (χ4v) is 3.22. The average molecular weight is 329 g/mol. The summed E-state index contributed by atoms with van der Waals surface area (Å²) in [4.78, 5) is 6.65. The number of nitrogens with zero attached hydrogens (tertiary/aromatic N) is 3. The van der Waals surface area contributed by atoms with E-state index in [1.54, 1.807) is 36.8 Å². The summed E-state index contributed by atoms with van der Waals surface area (Å²) in [6.07, 6.45) is 5.34. The van der Waals surface area contributed by atoms with Crippen LogP contribution in [0.5, 0.6) is 0 Å². The highest BCUT2D eigenvalue weighted by Gasteiger charge is 2.29. The van der Waals surface area contributed by atoms with E-state index in [0.717, 1.165) is 19.4 Å². The maximum absolute atomic E-state index is 10.3. The molecule has 1 aliphatic rings. The second-order valence-corrected chi connectivity index (χ2v) is 6.02. The van der Waals surface area contributed by atoms with Crippen molar-refractivity contribution in [1.82, 2.24) is 15.0 Å². The number of hydrogen-bond acceptors (Lipinski definition) is 7. The number of furan rings is 2. The van der Waals surface area contributed by atoms with Crippen LogP contribution in [0.25, 0.3) is 11.6 Å². The third-order valence-corrected chi connectivity index (χ3v) is 4.41. The molecule has 0 aromatic carbocycles. The van der Waals surface area contributed by atoms with E-state index in [9.17, 15) is 5.11 Å². The van der Waals surface area contributed by atoms with Crippen molar-refractivity contribution in [3.8, 4) is 11.6 Å². The summed E-state index contributed by atoms with van der Waals surface area (Å²) in [7, 11) is 0. The SMILES string of the molecule is OC(CC1CCCN1Cc1nc(-c2ccco2)no1)c1ccco1. The molecule has 126 valence electrons. The lowest BCUT2D eigenvalue weighted by Crippen LogP contribution is -2.30. The molecule has 0 radical (unpaired) electrons. The molecule has 1 N–H and O–H groups in total. The minimum Gasteiger partial charge on any atom is -0.467 e. The van der Waals surface area contributed by atoms with Crippen LogP contribution in [-0.4, -0.2) is 32.7 Å². The molecule has 2 unspecified atom stereocenters. The third-order valence-electron chi connectivity index (χ3n) is 4.41. The van der Waals surface area contributed by atoms with Gasteiger partial charge in [0.15, 0.2) is 5.76 Å². The van der Waals surface area contributed by atoms with Gasteiger partial charge in [-0.3, -0.25) is 4.90 Å². The summed E-state index contributed by atoms with van der Waals surface area (Å²) < 4.78 is 15.9. The minimum atomic E-state index is -0.591. The Morgan fingerprint density at radius 3 is 2.92 bits per heavy atom. The van der Waals surface area contributed by atoms with Crippen LogP contribution >= 0.6 is 0 Å². The van der Waals surface area contributed by atoms with Gasteiger partial charge in [-0.05, 0) is 50.1 Å². The molecule has 0 bridgehead atoms. The van der Waals surface area contributed by atoms with Crippen molar-refractivity contribution >= 4 is 0 Å². The summed E-state index contributed by atoms with van der Waals surface area (Å²) in [6, 6.07) is 7.45. The maximum Gasteiger partial charge on any atom is 0.241 e. The molecule has 4 rings (SSSR count). The standard InChI is InChI=1S/C17H19N3O4/c21-13(14-5-2-8-22-14)10-12-4-1-7-20(12)11-16-18-17(19-24-16)15-6-3-9-23-15/h2-3,5-6,8-9,12-13,21H,1,4,7,10-11H2. The summed E-state index contributed by atoms with van der Waals surface area (Å²) in [6.45, 7) is 1.53. The smallest absolute Gasteiger partial charge is 0.241 e. The van der Waals surface area contributed by atoms with Crippen LogP contribution in [0.1, 0.15) is 37.0 Å². The monoisotopic (exact) mass is 329 g/mol. The van der Waals surface area contributed by atoms with Crippen LogP contribution in [0.15, 0.2) is 50.1 Å². The van der Waals surface area contributed by atoms with Crippen LogP contribution in [0, 0.1) is 0 Å². The highest BCUT2D eigenvalue weighted by molar-refractivity contribution is 5.44. The molecule has 1 fully saturated rings. The Labute approximate surface area is 138 Å².